The summed E-state index contributed by atoms with van der Waals surface area (Å²) in [5.74, 6) is -1.76. The Balaban J connectivity index is 0.000000575. The number of hydrogen-bond donors (Lipinski definition) is 0. The second kappa shape index (κ2) is 8.57. The lowest BCUT2D eigenvalue weighted by atomic mass is 10.0. The summed E-state index contributed by atoms with van der Waals surface area (Å²) in [4.78, 5) is 0. The molecule has 0 aliphatic heterocycles. The molecule has 0 bridgehead atoms. The highest BCUT2D eigenvalue weighted by Gasteiger charge is 2.29. The molecule has 0 saturated carbocycles. The second-order valence-electron chi connectivity index (χ2n) is 7.43. The standard InChI is InChI=1S/C21H23F2N2.BF4/c1-12-7-14(3)18(15(4)8-12)24-11-25(21(23)20(24)22)19-16(5)9-13(2)10-17(19)6;2-1(3,4)5/h7-11H,1-6H3;/q+1;-1. The van der Waals surface area contributed by atoms with Crippen LogP contribution in [0.25, 0.3) is 11.4 Å². The Morgan fingerprint density at radius 3 is 1.47 bits per heavy atom. The van der Waals surface area contributed by atoms with Crippen molar-refractivity contribution in [1.29, 1.82) is 0 Å². The van der Waals surface area contributed by atoms with Gasteiger partial charge >= 0.3 is 19.1 Å². The highest BCUT2D eigenvalue weighted by Crippen LogP contribution is 2.24. The maximum absolute atomic E-state index is 14.8. The van der Waals surface area contributed by atoms with E-state index < -0.39 is 19.1 Å². The molecule has 9 heteroatoms. The first-order valence-corrected chi connectivity index (χ1v) is 9.22. The number of imidazole rings is 1. The molecule has 3 rings (SSSR count). The molecule has 1 heterocycles. The van der Waals surface area contributed by atoms with Gasteiger partial charge in [-0.2, -0.15) is 17.9 Å². The first-order chi connectivity index (χ1) is 13.7. The van der Waals surface area contributed by atoms with Crippen LogP contribution in [-0.4, -0.2) is 11.8 Å². The highest BCUT2D eigenvalue weighted by molar-refractivity contribution is 6.50. The molecular formula is C21H23BF6N2. The van der Waals surface area contributed by atoms with Crippen molar-refractivity contribution in [2.75, 3.05) is 0 Å². The Kier molecular flexibility index (Phi) is 6.74. The second-order valence-corrected chi connectivity index (χ2v) is 7.43. The molecule has 0 saturated heterocycles. The fourth-order valence-corrected chi connectivity index (χ4v) is 3.83. The van der Waals surface area contributed by atoms with Gasteiger partial charge in [-0.25, -0.2) is 0 Å². The van der Waals surface area contributed by atoms with E-state index in [2.05, 4.69) is 0 Å². The van der Waals surface area contributed by atoms with Crippen molar-refractivity contribution in [2.45, 2.75) is 41.5 Å². The van der Waals surface area contributed by atoms with Crippen molar-refractivity contribution in [3.8, 4) is 11.4 Å². The van der Waals surface area contributed by atoms with E-state index in [9.17, 15) is 26.0 Å². The van der Waals surface area contributed by atoms with Crippen LogP contribution in [0.5, 0.6) is 0 Å². The number of rotatable bonds is 2. The molecular weight excluding hydrogens is 405 g/mol. The van der Waals surface area contributed by atoms with Crippen LogP contribution in [0.4, 0.5) is 26.0 Å². The molecule has 0 unspecified atom stereocenters. The van der Waals surface area contributed by atoms with E-state index in [1.165, 1.54) is 15.5 Å². The quantitative estimate of drug-likeness (QED) is 0.262. The Morgan fingerprint density at radius 1 is 0.700 bits per heavy atom. The average molecular weight is 428 g/mol. The summed E-state index contributed by atoms with van der Waals surface area (Å²) in [6, 6.07) is 7.91. The van der Waals surface area contributed by atoms with Crippen LogP contribution >= 0.6 is 0 Å². The summed E-state index contributed by atoms with van der Waals surface area (Å²) in [6.07, 6.45) is 1.50. The summed E-state index contributed by atoms with van der Waals surface area (Å²) in [6.45, 7) is 11.7. The van der Waals surface area contributed by atoms with E-state index in [0.29, 0.717) is 11.4 Å². The van der Waals surface area contributed by atoms with Gasteiger partial charge in [0.15, 0.2) is 0 Å². The summed E-state index contributed by atoms with van der Waals surface area (Å²) < 4.78 is 71.1. The third-order valence-electron chi connectivity index (χ3n) is 4.58. The van der Waals surface area contributed by atoms with Gasteiger partial charge in [0.2, 0.25) is 0 Å². The summed E-state index contributed by atoms with van der Waals surface area (Å²) in [5.41, 5.74) is 7.22. The number of benzene rings is 2. The van der Waals surface area contributed by atoms with Crippen LogP contribution in [0.2, 0.25) is 0 Å². The zero-order valence-electron chi connectivity index (χ0n) is 17.6. The van der Waals surface area contributed by atoms with Crippen molar-refractivity contribution in [3.05, 3.63) is 75.9 Å². The molecule has 0 aliphatic carbocycles. The Hall–Kier alpha value is -2.71. The lowest BCUT2D eigenvalue weighted by Crippen LogP contribution is -2.34. The van der Waals surface area contributed by atoms with Gasteiger partial charge < -0.3 is 17.3 Å². The minimum atomic E-state index is -6.00. The zero-order valence-corrected chi connectivity index (χ0v) is 17.6. The minimum absolute atomic E-state index is 0.683. The fraction of sp³-hybridized carbons (Fsp3) is 0.286. The number of aryl methyl sites for hydroxylation is 6. The van der Waals surface area contributed by atoms with Crippen molar-refractivity contribution in [1.82, 2.24) is 4.57 Å². The molecule has 0 atom stereocenters. The molecule has 3 aromatic rings. The minimum Gasteiger partial charge on any atom is -0.418 e. The Morgan fingerprint density at radius 2 is 1.07 bits per heavy atom. The van der Waals surface area contributed by atoms with Crippen molar-refractivity contribution >= 4 is 7.25 Å². The first-order valence-electron chi connectivity index (χ1n) is 9.22. The molecule has 0 fully saturated rings. The van der Waals surface area contributed by atoms with Gasteiger partial charge in [0.1, 0.15) is 11.4 Å². The fourth-order valence-electron chi connectivity index (χ4n) is 3.83. The van der Waals surface area contributed by atoms with Crippen molar-refractivity contribution in [3.63, 3.8) is 0 Å². The third-order valence-corrected chi connectivity index (χ3v) is 4.58. The van der Waals surface area contributed by atoms with Gasteiger partial charge in [-0.3, -0.25) is 0 Å². The van der Waals surface area contributed by atoms with Gasteiger partial charge in [0.25, 0.3) is 6.33 Å². The smallest absolute Gasteiger partial charge is 0.418 e. The van der Waals surface area contributed by atoms with Gasteiger partial charge in [-0.05, 0) is 63.8 Å². The molecule has 0 spiro atoms. The lowest BCUT2D eigenvalue weighted by Gasteiger charge is -2.08. The largest absolute Gasteiger partial charge is 0.673 e. The molecule has 0 aliphatic rings. The van der Waals surface area contributed by atoms with Gasteiger partial charge in [-0.15, -0.1) is 0 Å². The molecule has 2 nitrogen and oxygen atoms in total. The number of aromatic nitrogens is 2. The third kappa shape index (κ3) is 5.26. The van der Waals surface area contributed by atoms with Gasteiger partial charge in [0, 0.05) is 0 Å². The average Bonchev–Trinajstić information content (AvgIpc) is 2.80. The molecule has 30 heavy (non-hydrogen) atoms. The monoisotopic (exact) mass is 428 g/mol. The SMILES string of the molecule is Cc1cc(C)c(-n2c[n+](-c3c(C)cc(C)cc3C)c(F)c2F)c(C)c1.F[B-](F)(F)F. The topological polar surface area (TPSA) is 8.81 Å². The van der Waals surface area contributed by atoms with E-state index in [0.717, 1.165) is 33.4 Å². The van der Waals surface area contributed by atoms with E-state index in [-0.39, 0.29) is 0 Å². The van der Waals surface area contributed by atoms with Gasteiger partial charge in [-0.1, -0.05) is 35.4 Å². The van der Waals surface area contributed by atoms with E-state index in [4.69, 9.17) is 0 Å². The lowest BCUT2D eigenvalue weighted by molar-refractivity contribution is -0.628. The molecule has 162 valence electrons. The van der Waals surface area contributed by atoms with Crippen LogP contribution in [0.3, 0.4) is 0 Å². The molecule has 1 aromatic heterocycles. The van der Waals surface area contributed by atoms with Crippen molar-refractivity contribution < 1.29 is 30.6 Å². The zero-order chi connectivity index (χ0) is 23.0. The van der Waals surface area contributed by atoms with E-state index >= 15 is 0 Å². The predicted molar refractivity (Wildman–Crippen MR) is 106 cm³/mol. The van der Waals surface area contributed by atoms with Crippen LogP contribution in [-0.2, 0) is 0 Å². The van der Waals surface area contributed by atoms with Crippen molar-refractivity contribution in [2.24, 2.45) is 0 Å². The predicted octanol–water partition coefficient (Wildman–Crippen LogP) is 6.18. The van der Waals surface area contributed by atoms with Crippen LogP contribution in [0.15, 0.2) is 30.6 Å². The maximum Gasteiger partial charge on any atom is 0.673 e. The number of halogens is 6. The number of hydrogen-bond acceptors (Lipinski definition) is 0. The molecule has 0 radical (unpaired) electrons. The molecule has 0 amide bonds. The molecule has 0 N–H and O–H groups in total. The van der Waals surface area contributed by atoms with Gasteiger partial charge in [0.05, 0.1) is 0 Å². The van der Waals surface area contributed by atoms with Crippen LogP contribution in [0, 0.1) is 53.4 Å². The van der Waals surface area contributed by atoms with Crippen LogP contribution in [0.1, 0.15) is 33.4 Å². The summed E-state index contributed by atoms with van der Waals surface area (Å²) in [7, 11) is -6.00. The normalized spacial score (nSPS) is 11.3. The summed E-state index contributed by atoms with van der Waals surface area (Å²) in [5, 5.41) is 0. The van der Waals surface area contributed by atoms with E-state index in [1.807, 2.05) is 65.8 Å². The number of nitrogens with zero attached hydrogens (tertiary/aromatic N) is 2. The first kappa shape index (κ1) is 23.6. The Bertz CT molecular complexity index is 956. The molecule has 2 aromatic carbocycles. The van der Waals surface area contributed by atoms with Crippen LogP contribution < -0.4 is 4.57 Å². The highest BCUT2D eigenvalue weighted by atomic mass is 19.5. The summed E-state index contributed by atoms with van der Waals surface area (Å²) >= 11 is 0. The maximum atomic E-state index is 14.8. The van der Waals surface area contributed by atoms with E-state index in [1.54, 1.807) is 0 Å². The Labute approximate surface area is 171 Å².